The quantitative estimate of drug-likeness (QED) is 0.616. The number of nitrogens with one attached hydrogen (secondary N) is 2. The molecule has 2 heterocycles. The molecular formula is C11H7N5O4. The van der Waals surface area contributed by atoms with Crippen molar-refractivity contribution in [3.8, 4) is 11.3 Å². The van der Waals surface area contributed by atoms with Crippen LogP contribution in [0.2, 0.25) is 0 Å². The predicted molar refractivity (Wildman–Crippen MR) is 68.7 cm³/mol. The molecule has 20 heavy (non-hydrogen) atoms. The first-order valence-electron chi connectivity index (χ1n) is 5.49. The van der Waals surface area contributed by atoms with Crippen molar-refractivity contribution < 1.29 is 9.86 Å². The van der Waals surface area contributed by atoms with Gasteiger partial charge in [0.15, 0.2) is 5.82 Å². The molecule has 3 rings (SSSR count). The molecule has 9 nitrogen and oxygen atoms in total. The third-order valence-corrected chi connectivity index (χ3v) is 2.61. The summed E-state index contributed by atoms with van der Waals surface area (Å²) in [5.74, 6) is 0.448. The van der Waals surface area contributed by atoms with Gasteiger partial charge in [0.05, 0.1) is 10.6 Å². The first-order valence-corrected chi connectivity index (χ1v) is 5.49. The van der Waals surface area contributed by atoms with Crippen LogP contribution in [0.1, 0.15) is 0 Å². The Balaban J connectivity index is 2.10. The molecule has 0 bridgehead atoms. The van der Waals surface area contributed by atoms with Crippen molar-refractivity contribution in [2.45, 2.75) is 0 Å². The summed E-state index contributed by atoms with van der Waals surface area (Å²) in [6, 6.07) is 6.93. The number of nitrogens with zero attached hydrogens (tertiary/aromatic N) is 3. The minimum Gasteiger partial charge on any atom is -0.267 e. The SMILES string of the molecule is O=c1cc(-c2ccc([N+](=O)[O-])cc2)nc2c(n1)NON2. The highest BCUT2D eigenvalue weighted by atomic mass is 16.8. The summed E-state index contributed by atoms with van der Waals surface area (Å²) in [6.45, 7) is 0. The number of hydrogen-bond acceptors (Lipinski definition) is 8. The number of aromatic nitrogens is 2. The standard InChI is InChI=1S/C11H7N5O4/c17-9-5-8(12-10-11(13-9)15-20-14-10)6-1-3-7(4-2-6)16(18)19/h1-5H,(H,12,14)(H,13,15,17). The first-order chi connectivity index (χ1) is 9.63. The van der Waals surface area contributed by atoms with E-state index in [0.717, 1.165) is 0 Å². The Bertz CT molecular complexity index is 747. The van der Waals surface area contributed by atoms with Crippen molar-refractivity contribution in [2.24, 2.45) is 0 Å². The van der Waals surface area contributed by atoms with Gasteiger partial charge in [-0.05, 0) is 12.1 Å². The Labute approximate surface area is 111 Å². The van der Waals surface area contributed by atoms with Crippen LogP contribution in [-0.4, -0.2) is 14.9 Å². The Kier molecular flexibility index (Phi) is 2.73. The van der Waals surface area contributed by atoms with E-state index >= 15 is 0 Å². The average Bonchev–Trinajstić information content (AvgIpc) is 2.78. The van der Waals surface area contributed by atoms with Crippen molar-refractivity contribution >= 4 is 17.3 Å². The molecule has 100 valence electrons. The van der Waals surface area contributed by atoms with Gasteiger partial charge in [-0.25, -0.2) is 15.9 Å². The van der Waals surface area contributed by atoms with Gasteiger partial charge in [0.1, 0.15) is 0 Å². The summed E-state index contributed by atoms with van der Waals surface area (Å²) in [4.78, 5) is 34.3. The van der Waals surface area contributed by atoms with Crippen LogP contribution in [0.4, 0.5) is 17.3 Å². The number of non-ortho nitro benzene ring substituents is 1. The van der Waals surface area contributed by atoms with Crippen LogP contribution in [0.15, 0.2) is 35.1 Å². The highest BCUT2D eigenvalue weighted by molar-refractivity contribution is 5.66. The summed E-state index contributed by atoms with van der Waals surface area (Å²) in [5.41, 5.74) is 5.19. The predicted octanol–water partition coefficient (Wildman–Crippen LogP) is 1.10. The van der Waals surface area contributed by atoms with Crippen molar-refractivity contribution in [2.75, 3.05) is 11.0 Å². The fraction of sp³-hybridized carbons (Fsp3) is 0. The molecule has 0 amide bonds. The smallest absolute Gasteiger partial charge is 0.267 e. The fourth-order valence-corrected chi connectivity index (χ4v) is 1.68. The molecule has 0 spiro atoms. The second-order valence-electron chi connectivity index (χ2n) is 3.90. The molecule has 0 radical (unpaired) electrons. The van der Waals surface area contributed by atoms with Crippen LogP contribution in [-0.2, 0) is 4.94 Å². The van der Waals surface area contributed by atoms with Gasteiger partial charge >= 0.3 is 0 Å². The van der Waals surface area contributed by atoms with E-state index in [1.54, 1.807) is 0 Å². The molecule has 1 aromatic heterocycles. The second kappa shape index (κ2) is 4.55. The van der Waals surface area contributed by atoms with Crippen LogP contribution in [0.3, 0.4) is 0 Å². The van der Waals surface area contributed by atoms with Crippen LogP contribution in [0.5, 0.6) is 0 Å². The Hall–Kier alpha value is -3.07. The van der Waals surface area contributed by atoms with Gasteiger partial charge in [0.25, 0.3) is 11.2 Å². The molecule has 0 aliphatic carbocycles. The number of benzene rings is 1. The van der Waals surface area contributed by atoms with E-state index in [-0.39, 0.29) is 17.3 Å². The van der Waals surface area contributed by atoms with E-state index < -0.39 is 10.5 Å². The number of nitro benzene ring substituents is 1. The van der Waals surface area contributed by atoms with Gasteiger partial charge in [0, 0.05) is 23.8 Å². The Morgan fingerprint density at radius 1 is 1.10 bits per heavy atom. The largest absolute Gasteiger partial charge is 0.274 e. The molecule has 0 saturated carbocycles. The van der Waals surface area contributed by atoms with Gasteiger partial charge in [-0.3, -0.25) is 14.9 Å². The Morgan fingerprint density at radius 3 is 2.40 bits per heavy atom. The second-order valence-corrected chi connectivity index (χ2v) is 3.90. The van der Waals surface area contributed by atoms with Crippen molar-refractivity contribution in [1.82, 2.24) is 9.97 Å². The number of anilines is 2. The summed E-state index contributed by atoms with van der Waals surface area (Å²) < 4.78 is 0. The normalized spacial score (nSPS) is 12.2. The zero-order chi connectivity index (χ0) is 14.1. The summed E-state index contributed by atoms with van der Waals surface area (Å²) >= 11 is 0. The summed E-state index contributed by atoms with van der Waals surface area (Å²) in [7, 11) is 0. The number of hydrogen-bond donors (Lipinski definition) is 2. The van der Waals surface area contributed by atoms with Crippen LogP contribution in [0, 0.1) is 10.1 Å². The zero-order valence-electron chi connectivity index (χ0n) is 9.86. The molecule has 1 aliphatic rings. The van der Waals surface area contributed by atoms with Gasteiger partial charge < -0.3 is 0 Å². The molecule has 9 heteroatoms. The lowest BCUT2D eigenvalue weighted by molar-refractivity contribution is -0.384. The first kappa shape index (κ1) is 12.0. The molecule has 2 aromatic rings. The van der Waals surface area contributed by atoms with E-state index in [9.17, 15) is 14.9 Å². The molecule has 1 aromatic carbocycles. The third-order valence-electron chi connectivity index (χ3n) is 2.61. The van der Waals surface area contributed by atoms with Gasteiger partial charge in [0.2, 0.25) is 5.82 Å². The van der Waals surface area contributed by atoms with Gasteiger partial charge in [-0.1, -0.05) is 0 Å². The summed E-state index contributed by atoms with van der Waals surface area (Å²) in [6.07, 6.45) is 0. The molecular weight excluding hydrogens is 266 g/mol. The third kappa shape index (κ3) is 2.12. The highest BCUT2D eigenvalue weighted by Gasteiger charge is 2.15. The zero-order valence-corrected chi connectivity index (χ0v) is 9.86. The lowest BCUT2D eigenvalue weighted by atomic mass is 10.1. The van der Waals surface area contributed by atoms with E-state index in [1.165, 1.54) is 30.3 Å². The maximum absolute atomic E-state index is 11.6. The minimum atomic E-state index is -0.507. The lowest BCUT2D eigenvalue weighted by Crippen LogP contribution is -2.03. The van der Waals surface area contributed by atoms with Crippen molar-refractivity contribution in [1.29, 1.82) is 0 Å². The van der Waals surface area contributed by atoms with Crippen LogP contribution < -0.4 is 16.5 Å². The maximum Gasteiger partial charge on any atom is 0.274 e. The number of nitro groups is 1. The summed E-state index contributed by atoms with van der Waals surface area (Å²) in [5, 5.41) is 10.6. The topological polar surface area (TPSA) is 119 Å². The van der Waals surface area contributed by atoms with Crippen LogP contribution >= 0.6 is 0 Å². The fourth-order valence-electron chi connectivity index (χ4n) is 1.68. The molecule has 0 unspecified atom stereocenters. The maximum atomic E-state index is 11.6. The Morgan fingerprint density at radius 2 is 1.75 bits per heavy atom. The van der Waals surface area contributed by atoms with Crippen molar-refractivity contribution in [3.63, 3.8) is 0 Å². The highest BCUT2D eigenvalue weighted by Crippen LogP contribution is 2.24. The minimum absolute atomic E-state index is 0.0390. The molecule has 0 saturated heterocycles. The molecule has 0 fully saturated rings. The molecule has 1 aliphatic heterocycles. The van der Waals surface area contributed by atoms with E-state index in [4.69, 9.17) is 4.94 Å². The van der Waals surface area contributed by atoms with Gasteiger partial charge in [-0.15, -0.1) is 0 Å². The lowest BCUT2D eigenvalue weighted by Gasteiger charge is -1.98. The van der Waals surface area contributed by atoms with Gasteiger partial charge in [-0.2, -0.15) is 9.92 Å². The average molecular weight is 273 g/mol. The van der Waals surface area contributed by atoms with E-state index in [1.807, 2.05) is 0 Å². The molecule has 2 N–H and O–H groups in total. The monoisotopic (exact) mass is 273 g/mol. The van der Waals surface area contributed by atoms with Crippen LogP contribution in [0.25, 0.3) is 11.3 Å². The number of fused-ring (bicyclic) bond motifs is 1. The van der Waals surface area contributed by atoms with E-state index in [0.29, 0.717) is 11.3 Å². The van der Waals surface area contributed by atoms with E-state index in [2.05, 4.69) is 20.9 Å². The number of rotatable bonds is 2. The molecule has 0 atom stereocenters. The van der Waals surface area contributed by atoms with Crippen molar-refractivity contribution in [3.05, 3.63) is 50.8 Å².